The van der Waals surface area contributed by atoms with Gasteiger partial charge in [0.25, 0.3) is 0 Å². The van der Waals surface area contributed by atoms with Crippen molar-refractivity contribution in [1.29, 1.82) is 0 Å². The highest BCUT2D eigenvalue weighted by Crippen LogP contribution is 2.34. The molecule has 1 aliphatic heterocycles. The molecule has 0 radical (unpaired) electrons. The third-order valence-corrected chi connectivity index (χ3v) is 4.68. The first-order valence-corrected chi connectivity index (χ1v) is 8.28. The predicted octanol–water partition coefficient (Wildman–Crippen LogP) is 3.33. The summed E-state index contributed by atoms with van der Waals surface area (Å²) in [5.74, 6) is 0.378. The topological polar surface area (TPSA) is 48.9 Å². The lowest BCUT2D eigenvalue weighted by Crippen LogP contribution is -2.88. The molecule has 2 aromatic rings. The Bertz CT molecular complexity index is 665. The van der Waals surface area contributed by atoms with E-state index >= 15 is 0 Å². The molecule has 2 atom stereocenters. The van der Waals surface area contributed by atoms with E-state index in [1.165, 1.54) is 16.7 Å². The second kappa shape index (κ2) is 6.99. The van der Waals surface area contributed by atoms with E-state index in [1.54, 1.807) is 0 Å². The summed E-state index contributed by atoms with van der Waals surface area (Å²) in [4.78, 5) is 0. The molecule has 2 unspecified atom stereocenters. The monoisotopic (exact) mass is 309 g/mol. The van der Waals surface area contributed by atoms with E-state index in [1.807, 2.05) is 12.1 Å². The molecule has 0 bridgehead atoms. The fourth-order valence-corrected chi connectivity index (χ4v) is 3.63. The number of benzene rings is 2. The van der Waals surface area contributed by atoms with E-state index in [-0.39, 0.29) is 6.04 Å². The Balaban J connectivity index is 2.03. The van der Waals surface area contributed by atoms with Crippen LogP contribution in [0.3, 0.4) is 0 Å². The molecule has 23 heavy (non-hydrogen) atoms. The third kappa shape index (κ3) is 3.31. The molecule has 2 aromatic carbocycles. The fraction of sp³-hybridized carbons (Fsp3) is 0.300. The van der Waals surface area contributed by atoms with Gasteiger partial charge in [0.15, 0.2) is 0 Å². The summed E-state index contributed by atoms with van der Waals surface area (Å²) in [6.45, 7) is 4.39. The number of nitrogens with one attached hydrogen (secondary N) is 1. The van der Waals surface area contributed by atoms with Crippen molar-refractivity contribution in [3.63, 3.8) is 0 Å². The van der Waals surface area contributed by atoms with Gasteiger partial charge in [-0.2, -0.15) is 0 Å². The van der Waals surface area contributed by atoms with Gasteiger partial charge in [0.2, 0.25) is 0 Å². The van der Waals surface area contributed by atoms with Gasteiger partial charge >= 0.3 is 0 Å². The first kappa shape index (κ1) is 15.8. The Kier molecular flexibility index (Phi) is 4.79. The summed E-state index contributed by atoms with van der Waals surface area (Å²) in [5, 5.41) is 12.1. The van der Waals surface area contributed by atoms with Crippen LogP contribution in [0, 0.1) is 5.92 Å². The van der Waals surface area contributed by atoms with Gasteiger partial charge in [0.05, 0.1) is 0 Å². The maximum absolute atomic E-state index is 9.72. The van der Waals surface area contributed by atoms with Gasteiger partial charge in [-0.3, -0.25) is 10.7 Å². The van der Waals surface area contributed by atoms with Crippen molar-refractivity contribution in [2.75, 3.05) is 0 Å². The number of nitrogens with two attached hydrogens (primary N) is 1. The average molecular weight is 309 g/mol. The van der Waals surface area contributed by atoms with E-state index < -0.39 is 0 Å². The molecule has 3 heteroatoms. The Morgan fingerprint density at radius 2 is 1.52 bits per heavy atom. The van der Waals surface area contributed by atoms with E-state index in [4.69, 9.17) is 0 Å². The zero-order valence-electron chi connectivity index (χ0n) is 13.7. The molecule has 0 aliphatic carbocycles. The molecule has 0 spiro atoms. The largest absolute Gasteiger partial charge is 0.330 e. The summed E-state index contributed by atoms with van der Waals surface area (Å²) < 4.78 is 0. The van der Waals surface area contributed by atoms with Crippen LogP contribution >= 0.6 is 0 Å². The van der Waals surface area contributed by atoms with Crippen LogP contribution in [0.4, 0.5) is 0 Å². The summed E-state index contributed by atoms with van der Waals surface area (Å²) in [6, 6.07) is 21.6. The summed E-state index contributed by atoms with van der Waals surface area (Å²) in [7, 11) is 0. The molecule has 120 valence electrons. The van der Waals surface area contributed by atoms with Gasteiger partial charge in [-0.05, 0) is 5.92 Å². The Labute approximate surface area is 138 Å². The van der Waals surface area contributed by atoms with Crippen LogP contribution in [0.5, 0.6) is 0 Å². The van der Waals surface area contributed by atoms with Crippen LogP contribution in [-0.2, 0) is 0 Å². The first-order chi connectivity index (χ1) is 11.2. The van der Waals surface area contributed by atoms with E-state index in [2.05, 4.69) is 73.2 Å². The smallest absolute Gasteiger partial charge is 0.136 e. The minimum absolute atomic E-state index is 0.227. The van der Waals surface area contributed by atoms with Crippen molar-refractivity contribution in [3.05, 3.63) is 83.1 Å². The van der Waals surface area contributed by atoms with Crippen LogP contribution in [0.1, 0.15) is 43.5 Å². The average Bonchev–Trinajstić information content (AvgIpc) is 2.62. The van der Waals surface area contributed by atoms with Gasteiger partial charge in [-0.15, -0.1) is 0 Å². The molecule has 1 aliphatic rings. The lowest BCUT2D eigenvalue weighted by Gasteiger charge is -2.34. The van der Waals surface area contributed by atoms with Crippen molar-refractivity contribution in [2.45, 2.75) is 32.4 Å². The minimum atomic E-state index is 0.227. The van der Waals surface area contributed by atoms with Crippen molar-refractivity contribution < 1.29 is 10.5 Å². The number of quaternary nitrogens is 1. The zero-order chi connectivity index (χ0) is 16.2. The summed E-state index contributed by atoms with van der Waals surface area (Å²) in [6.07, 6.45) is 0.817. The van der Waals surface area contributed by atoms with Gasteiger partial charge in [-0.25, -0.2) is 0 Å². The SMILES string of the molecule is CC(C)C1=C(NO)CC(c2ccccc2)[NH2+]C1c1ccccc1. The zero-order valence-corrected chi connectivity index (χ0v) is 13.7. The predicted molar refractivity (Wildman–Crippen MR) is 91.7 cm³/mol. The van der Waals surface area contributed by atoms with E-state index in [0.29, 0.717) is 12.0 Å². The van der Waals surface area contributed by atoms with E-state index in [9.17, 15) is 5.21 Å². The van der Waals surface area contributed by atoms with Crippen LogP contribution in [0.15, 0.2) is 71.9 Å². The Hall–Kier alpha value is -2.10. The van der Waals surface area contributed by atoms with Crippen LogP contribution in [0.2, 0.25) is 0 Å². The molecule has 1 heterocycles. The quantitative estimate of drug-likeness (QED) is 0.759. The molecule has 0 fully saturated rings. The van der Waals surface area contributed by atoms with Crippen molar-refractivity contribution >= 4 is 0 Å². The molecule has 3 nitrogen and oxygen atoms in total. The second-order valence-electron chi connectivity index (χ2n) is 6.50. The van der Waals surface area contributed by atoms with Crippen molar-refractivity contribution in [1.82, 2.24) is 5.48 Å². The van der Waals surface area contributed by atoms with Crippen LogP contribution in [0.25, 0.3) is 0 Å². The molecule has 3 rings (SSSR count). The van der Waals surface area contributed by atoms with Gasteiger partial charge in [0.1, 0.15) is 12.1 Å². The molecule has 4 N–H and O–H groups in total. The Morgan fingerprint density at radius 1 is 0.957 bits per heavy atom. The molecular formula is C20H25N2O+. The van der Waals surface area contributed by atoms with Crippen molar-refractivity contribution in [2.24, 2.45) is 5.92 Å². The maximum Gasteiger partial charge on any atom is 0.136 e. The first-order valence-electron chi connectivity index (χ1n) is 8.28. The lowest BCUT2D eigenvalue weighted by molar-refractivity contribution is -0.730. The molecule has 0 saturated heterocycles. The highest BCUT2D eigenvalue weighted by molar-refractivity contribution is 5.32. The molecule has 0 amide bonds. The van der Waals surface area contributed by atoms with Gasteiger partial charge < -0.3 is 5.32 Å². The number of hydroxylamine groups is 1. The maximum atomic E-state index is 9.72. The van der Waals surface area contributed by atoms with Crippen LogP contribution < -0.4 is 10.8 Å². The molecule has 0 saturated carbocycles. The van der Waals surface area contributed by atoms with Gasteiger partial charge in [-0.1, -0.05) is 74.5 Å². The number of hydrogen-bond donors (Lipinski definition) is 3. The molecule has 0 aromatic heterocycles. The van der Waals surface area contributed by atoms with Crippen LogP contribution in [-0.4, -0.2) is 5.21 Å². The summed E-state index contributed by atoms with van der Waals surface area (Å²) in [5.41, 5.74) is 7.32. The minimum Gasteiger partial charge on any atom is -0.330 e. The highest BCUT2D eigenvalue weighted by atomic mass is 16.5. The fourth-order valence-electron chi connectivity index (χ4n) is 3.63. The second-order valence-corrected chi connectivity index (χ2v) is 6.50. The highest BCUT2D eigenvalue weighted by Gasteiger charge is 2.35. The standard InChI is InChI=1S/C20H24N2O/c1-14(2)19-18(22-23)13-17(15-9-5-3-6-10-15)21-20(19)16-11-7-4-8-12-16/h3-12,14,17,20-23H,13H2,1-2H3/p+1. The lowest BCUT2D eigenvalue weighted by atomic mass is 9.82. The number of rotatable bonds is 4. The normalized spacial score (nSPS) is 21.6. The molecular weight excluding hydrogens is 284 g/mol. The van der Waals surface area contributed by atoms with Gasteiger partial charge in [0, 0.05) is 28.8 Å². The third-order valence-electron chi connectivity index (χ3n) is 4.68. The van der Waals surface area contributed by atoms with Crippen molar-refractivity contribution in [3.8, 4) is 0 Å². The van der Waals surface area contributed by atoms with E-state index in [0.717, 1.165) is 12.1 Å². The number of hydrogen-bond acceptors (Lipinski definition) is 2. The summed E-state index contributed by atoms with van der Waals surface area (Å²) >= 11 is 0. The Morgan fingerprint density at radius 3 is 2.04 bits per heavy atom.